The highest BCUT2D eigenvalue weighted by Crippen LogP contribution is 2.43. The molecule has 0 radical (unpaired) electrons. The maximum atomic E-state index is 6.16. The normalized spacial score (nSPS) is 19.0. The molecule has 0 bridgehead atoms. The lowest BCUT2D eigenvalue weighted by molar-refractivity contribution is 0.376. The largest absolute Gasteiger partial charge is 0.366 e. The van der Waals surface area contributed by atoms with Crippen LogP contribution in [0, 0.1) is 0 Å². The van der Waals surface area contributed by atoms with Crippen molar-refractivity contribution in [3.63, 3.8) is 0 Å². The van der Waals surface area contributed by atoms with Crippen LogP contribution in [0.15, 0.2) is 45.9 Å². The van der Waals surface area contributed by atoms with Gasteiger partial charge in [0.15, 0.2) is 0 Å². The van der Waals surface area contributed by atoms with E-state index in [-0.39, 0.29) is 5.54 Å². The van der Waals surface area contributed by atoms with Crippen molar-refractivity contribution in [1.29, 1.82) is 0 Å². The zero-order chi connectivity index (χ0) is 18.9. The molecule has 138 valence electrons. The minimum Gasteiger partial charge on any atom is -0.366 e. The fraction of sp³-hybridized carbons (Fsp3) is 0.409. The monoisotopic (exact) mass is 432 g/mol. The molecule has 0 N–H and O–H groups in total. The van der Waals surface area contributed by atoms with Gasteiger partial charge in [0, 0.05) is 28.5 Å². The molecular weight excluding hydrogens is 408 g/mol. The Balaban J connectivity index is 1.91. The fourth-order valence-corrected chi connectivity index (χ4v) is 4.37. The summed E-state index contributed by atoms with van der Waals surface area (Å²) in [6, 6.07) is 12.5. The number of anilines is 1. The molecule has 0 fully saturated rings. The van der Waals surface area contributed by atoms with Crippen molar-refractivity contribution in [2.75, 3.05) is 11.4 Å². The molecule has 2 aromatic rings. The average Bonchev–Trinajstić information content (AvgIpc) is 2.59. The van der Waals surface area contributed by atoms with E-state index in [1.54, 1.807) is 0 Å². The first-order valence-corrected chi connectivity index (χ1v) is 10.4. The summed E-state index contributed by atoms with van der Waals surface area (Å²) in [5, 5.41) is 0.677. The van der Waals surface area contributed by atoms with Gasteiger partial charge in [0.2, 0.25) is 0 Å². The highest BCUT2D eigenvalue weighted by molar-refractivity contribution is 9.10. The van der Waals surface area contributed by atoms with E-state index in [1.807, 2.05) is 24.4 Å². The molecule has 1 unspecified atom stereocenters. The van der Waals surface area contributed by atoms with E-state index in [0.29, 0.717) is 10.9 Å². The van der Waals surface area contributed by atoms with Crippen molar-refractivity contribution in [2.45, 2.75) is 52.0 Å². The summed E-state index contributed by atoms with van der Waals surface area (Å²) in [6.45, 7) is 10.4. The van der Waals surface area contributed by atoms with Crippen LogP contribution in [0.1, 0.15) is 57.6 Å². The second-order valence-corrected chi connectivity index (χ2v) is 9.01. The lowest BCUT2D eigenvalue weighted by Crippen LogP contribution is -2.48. The molecule has 0 spiro atoms. The molecule has 1 atom stereocenters. The van der Waals surface area contributed by atoms with Gasteiger partial charge in [-0.15, -0.1) is 0 Å². The van der Waals surface area contributed by atoms with Crippen LogP contribution in [-0.2, 0) is 0 Å². The van der Waals surface area contributed by atoms with Crippen LogP contribution in [0.25, 0.3) is 0 Å². The van der Waals surface area contributed by atoms with Gasteiger partial charge in [0.1, 0.15) is 0 Å². The Kier molecular flexibility index (Phi) is 5.78. The molecule has 2 nitrogen and oxygen atoms in total. The van der Waals surface area contributed by atoms with E-state index in [0.717, 1.165) is 28.7 Å². The number of hydrogen-bond donors (Lipinski definition) is 0. The maximum Gasteiger partial charge on any atom is 0.0645 e. The Morgan fingerprint density at radius 3 is 2.73 bits per heavy atom. The number of fused-ring (bicyclic) bond motifs is 1. The van der Waals surface area contributed by atoms with E-state index in [2.05, 4.69) is 71.7 Å². The number of benzene rings is 2. The van der Waals surface area contributed by atoms with Gasteiger partial charge in [-0.3, -0.25) is 4.99 Å². The van der Waals surface area contributed by atoms with Gasteiger partial charge >= 0.3 is 0 Å². The third-order valence-electron chi connectivity index (χ3n) is 5.12. The molecule has 2 aromatic carbocycles. The number of nitrogens with zero attached hydrogens (tertiary/aromatic N) is 2. The van der Waals surface area contributed by atoms with Gasteiger partial charge in [0.25, 0.3) is 0 Å². The summed E-state index contributed by atoms with van der Waals surface area (Å²) >= 11 is 9.57. The summed E-state index contributed by atoms with van der Waals surface area (Å²) in [6.07, 6.45) is 4.25. The number of halogens is 2. The van der Waals surface area contributed by atoms with Crippen LogP contribution in [-0.4, -0.2) is 18.3 Å². The van der Waals surface area contributed by atoms with Gasteiger partial charge < -0.3 is 4.90 Å². The van der Waals surface area contributed by atoms with Gasteiger partial charge in [-0.25, -0.2) is 0 Å². The van der Waals surface area contributed by atoms with Crippen LogP contribution >= 0.6 is 27.5 Å². The van der Waals surface area contributed by atoms with Crippen molar-refractivity contribution < 1.29 is 0 Å². The molecule has 26 heavy (non-hydrogen) atoms. The van der Waals surface area contributed by atoms with Gasteiger partial charge in [-0.05, 0) is 90.0 Å². The molecule has 1 aliphatic rings. The van der Waals surface area contributed by atoms with Crippen molar-refractivity contribution in [3.05, 3.63) is 57.0 Å². The van der Waals surface area contributed by atoms with Crippen LogP contribution in [0.4, 0.5) is 11.4 Å². The predicted octanol–water partition coefficient (Wildman–Crippen LogP) is 7.36. The summed E-state index contributed by atoms with van der Waals surface area (Å²) in [5.74, 6) is 0.545. The van der Waals surface area contributed by atoms with Crippen LogP contribution < -0.4 is 4.90 Å². The van der Waals surface area contributed by atoms with Crippen LogP contribution in [0.3, 0.4) is 0 Å². The van der Waals surface area contributed by atoms with Gasteiger partial charge in [0.05, 0.1) is 10.7 Å². The Bertz CT molecular complexity index is 829. The van der Waals surface area contributed by atoms with E-state index in [9.17, 15) is 0 Å². The van der Waals surface area contributed by atoms with Crippen LogP contribution in [0.5, 0.6) is 0 Å². The zero-order valence-electron chi connectivity index (χ0n) is 15.9. The molecule has 0 aromatic heterocycles. The minimum absolute atomic E-state index is 0.201. The van der Waals surface area contributed by atoms with Crippen molar-refractivity contribution in [1.82, 2.24) is 0 Å². The highest BCUT2D eigenvalue weighted by Gasteiger charge is 2.35. The average molecular weight is 434 g/mol. The highest BCUT2D eigenvalue weighted by atomic mass is 79.9. The quantitative estimate of drug-likeness (QED) is 0.460. The fourth-order valence-electron chi connectivity index (χ4n) is 3.95. The number of aliphatic imine (C=N–C) groups is 1. The smallest absolute Gasteiger partial charge is 0.0645 e. The molecule has 0 amide bonds. The van der Waals surface area contributed by atoms with Gasteiger partial charge in [-0.2, -0.15) is 0 Å². The van der Waals surface area contributed by atoms with E-state index in [1.165, 1.54) is 17.7 Å². The van der Waals surface area contributed by atoms with E-state index >= 15 is 0 Å². The lowest BCUT2D eigenvalue weighted by Gasteiger charge is -2.47. The van der Waals surface area contributed by atoms with Crippen LogP contribution in [0.2, 0.25) is 5.02 Å². The zero-order valence-corrected chi connectivity index (χ0v) is 18.2. The first-order valence-electron chi connectivity index (χ1n) is 9.22. The second kappa shape index (κ2) is 7.74. The van der Waals surface area contributed by atoms with Gasteiger partial charge in [-0.1, -0.05) is 31.5 Å². The third-order valence-corrected chi connectivity index (χ3v) is 6.36. The lowest BCUT2D eigenvalue weighted by atomic mass is 9.79. The molecule has 0 saturated carbocycles. The number of rotatable bonds is 4. The molecular formula is C22H26BrClN2. The summed E-state index contributed by atoms with van der Waals surface area (Å²) < 4.78 is 0.888. The molecule has 0 aliphatic carbocycles. The Hall–Kier alpha value is -1.32. The Morgan fingerprint density at radius 1 is 1.27 bits per heavy atom. The molecule has 4 heteroatoms. The topological polar surface area (TPSA) is 15.6 Å². The van der Waals surface area contributed by atoms with Crippen molar-refractivity contribution >= 4 is 45.1 Å². The molecule has 3 rings (SSSR count). The summed E-state index contributed by atoms with van der Waals surface area (Å²) in [7, 11) is 0. The van der Waals surface area contributed by atoms with Crippen molar-refractivity contribution in [3.8, 4) is 0 Å². The van der Waals surface area contributed by atoms with E-state index < -0.39 is 0 Å². The first kappa shape index (κ1) is 19.4. The standard InChI is InChI=1S/C22H26BrClN2/c1-5-10-26-21-9-6-16(11-18(21)15(2)13-22(26,3)4)14-25-17-7-8-19(23)20(24)12-17/h6-9,11-12,14-15H,5,10,13H2,1-4H3. The Morgan fingerprint density at radius 2 is 2.04 bits per heavy atom. The third kappa shape index (κ3) is 3.99. The van der Waals surface area contributed by atoms with E-state index in [4.69, 9.17) is 11.6 Å². The summed E-state index contributed by atoms with van der Waals surface area (Å²) in [4.78, 5) is 7.16. The first-order chi connectivity index (χ1) is 12.3. The second-order valence-electron chi connectivity index (χ2n) is 7.74. The molecule has 1 heterocycles. The number of hydrogen-bond acceptors (Lipinski definition) is 2. The maximum absolute atomic E-state index is 6.16. The molecule has 0 saturated heterocycles. The molecule has 1 aliphatic heterocycles. The SMILES string of the molecule is CCCN1c2ccc(C=Nc3ccc(Br)c(Cl)c3)cc2C(C)CC1(C)C. The predicted molar refractivity (Wildman–Crippen MR) is 118 cm³/mol. The minimum atomic E-state index is 0.201. The Labute approximate surface area is 170 Å². The summed E-state index contributed by atoms with van der Waals surface area (Å²) in [5.41, 5.74) is 4.99. The van der Waals surface area contributed by atoms with Crippen molar-refractivity contribution in [2.24, 2.45) is 4.99 Å².